The first kappa shape index (κ1) is 32.3. The average molecular weight is 648 g/mol. The number of amides is 1. The number of hydrogen-bond donors (Lipinski definition) is 1. The maximum absolute atomic E-state index is 13.8. The van der Waals surface area contributed by atoms with E-state index in [1.165, 1.54) is 11.1 Å². The Morgan fingerprint density at radius 1 is 0.818 bits per heavy atom. The number of carbonyl (C=O) groups excluding carboxylic acids is 1. The molecule has 0 spiro atoms. The summed E-state index contributed by atoms with van der Waals surface area (Å²) in [6.45, 7) is 4.51. The number of methoxy groups -OCH3 is 4. The summed E-state index contributed by atoms with van der Waals surface area (Å²) < 4.78 is 22.5. The van der Waals surface area contributed by atoms with Crippen molar-refractivity contribution in [1.29, 1.82) is 0 Å². The summed E-state index contributed by atoms with van der Waals surface area (Å²) in [6, 6.07) is 7.98. The minimum atomic E-state index is -1.44. The van der Waals surface area contributed by atoms with Crippen LogP contribution in [0.15, 0.2) is 34.3 Å². The lowest BCUT2D eigenvalue weighted by molar-refractivity contribution is -0.133. The van der Waals surface area contributed by atoms with Crippen LogP contribution in [0.1, 0.15) is 60.5 Å². The predicted molar refractivity (Wildman–Crippen MR) is 168 cm³/mol. The van der Waals surface area contributed by atoms with Crippen LogP contribution >= 0.6 is 23.2 Å². The molecule has 5 rings (SSSR count). The Labute approximate surface area is 268 Å². The summed E-state index contributed by atoms with van der Waals surface area (Å²) in [5.74, 6) is 1.29. The molecule has 1 amide bonds. The molecule has 0 aromatic heterocycles. The summed E-state index contributed by atoms with van der Waals surface area (Å²) in [5, 5.41) is 8.27. The van der Waals surface area contributed by atoms with Gasteiger partial charge in [0.25, 0.3) is 5.91 Å². The van der Waals surface area contributed by atoms with E-state index in [9.17, 15) is 14.7 Å². The van der Waals surface area contributed by atoms with Crippen molar-refractivity contribution in [3.8, 4) is 23.0 Å². The molecule has 3 aliphatic rings. The number of fused-ring (bicyclic) bond motifs is 4. The molecular formula is C33H40Cl2N2O7. The zero-order chi connectivity index (χ0) is 31.7. The minimum absolute atomic E-state index is 0.203. The van der Waals surface area contributed by atoms with Gasteiger partial charge in [0.2, 0.25) is 0 Å². The van der Waals surface area contributed by atoms with Gasteiger partial charge in [0.15, 0.2) is 23.0 Å². The lowest BCUT2D eigenvalue weighted by Crippen LogP contribution is -2.47. The Hall–Kier alpha value is -3.14. The van der Waals surface area contributed by atoms with E-state index >= 15 is 0 Å². The van der Waals surface area contributed by atoms with Crippen molar-refractivity contribution in [3.63, 3.8) is 0 Å². The standard InChI is InChI=1S/C33H40Cl2N2O7/c1-6-18-17-36-9-7-19-13-26(41-2)28(43-4)15-22(19)24(36)11-21(18)12-25-23-16-29(44-5)27(42-3)14-20(23)8-10-37(25)32(38)30(34)31(35)33(39)40/h13-16,18,21,24-25H,6-12,17H2,1-5H3,(H,39,40)/b31-30+. The van der Waals surface area contributed by atoms with E-state index in [0.717, 1.165) is 55.0 Å². The van der Waals surface area contributed by atoms with Gasteiger partial charge in [-0.3, -0.25) is 9.69 Å². The Balaban J connectivity index is 1.55. The van der Waals surface area contributed by atoms with Crippen molar-refractivity contribution in [2.24, 2.45) is 11.8 Å². The highest BCUT2D eigenvalue weighted by atomic mass is 35.5. The Morgan fingerprint density at radius 3 is 1.93 bits per heavy atom. The van der Waals surface area contributed by atoms with Gasteiger partial charge in [-0.15, -0.1) is 0 Å². The summed E-state index contributed by atoms with van der Waals surface area (Å²) in [5.41, 5.74) is 4.54. The highest BCUT2D eigenvalue weighted by molar-refractivity contribution is 6.53. The number of halogens is 2. The molecule has 1 fully saturated rings. The highest BCUT2D eigenvalue weighted by Gasteiger charge is 2.42. The van der Waals surface area contributed by atoms with E-state index in [4.69, 9.17) is 42.1 Å². The number of ether oxygens (including phenoxy) is 4. The maximum Gasteiger partial charge on any atom is 0.349 e. The van der Waals surface area contributed by atoms with Gasteiger partial charge in [0, 0.05) is 25.7 Å². The third kappa shape index (κ3) is 5.94. The molecule has 11 heteroatoms. The SMILES string of the molecule is CCC1CN2CCc3cc(OC)c(OC)cc3C2CC1CC1c2cc(OC)c(OC)cc2CCN1C(=O)/C(Cl)=C(\Cl)C(=O)O. The van der Waals surface area contributed by atoms with Crippen LogP contribution in [-0.4, -0.2) is 74.9 Å². The number of nitrogens with zero attached hydrogens (tertiary/aromatic N) is 2. The molecule has 1 saturated heterocycles. The quantitative estimate of drug-likeness (QED) is 0.334. The molecule has 0 aliphatic carbocycles. The van der Waals surface area contributed by atoms with Crippen LogP contribution in [0.25, 0.3) is 0 Å². The largest absolute Gasteiger partial charge is 0.493 e. The fourth-order valence-corrected chi connectivity index (χ4v) is 7.65. The number of rotatable bonds is 9. The molecule has 4 atom stereocenters. The first-order chi connectivity index (χ1) is 21.1. The fraction of sp³-hybridized carbons (Fsp3) is 0.515. The van der Waals surface area contributed by atoms with Crippen LogP contribution in [-0.2, 0) is 22.4 Å². The summed E-state index contributed by atoms with van der Waals surface area (Å²) in [7, 11) is 6.51. The topological polar surface area (TPSA) is 97.8 Å². The first-order valence-electron chi connectivity index (χ1n) is 15.0. The van der Waals surface area contributed by atoms with Crippen molar-refractivity contribution in [2.45, 2.75) is 51.1 Å². The molecule has 238 valence electrons. The lowest BCUT2D eigenvalue weighted by atomic mass is 9.72. The first-order valence-corrected chi connectivity index (χ1v) is 15.7. The van der Waals surface area contributed by atoms with Gasteiger partial charge in [-0.05, 0) is 84.0 Å². The molecule has 0 bridgehead atoms. The number of aliphatic carboxylic acids is 1. The fourth-order valence-electron chi connectivity index (χ4n) is 7.38. The molecule has 0 radical (unpaired) electrons. The molecule has 3 heterocycles. The van der Waals surface area contributed by atoms with Crippen molar-refractivity contribution in [1.82, 2.24) is 9.80 Å². The number of carboxylic acids is 1. The molecule has 1 N–H and O–H groups in total. The smallest absolute Gasteiger partial charge is 0.349 e. The number of hydrogen-bond acceptors (Lipinski definition) is 7. The van der Waals surface area contributed by atoms with E-state index in [-0.39, 0.29) is 18.0 Å². The molecule has 2 aromatic rings. The van der Waals surface area contributed by atoms with Gasteiger partial charge in [0.05, 0.1) is 34.5 Å². The van der Waals surface area contributed by atoms with Gasteiger partial charge >= 0.3 is 5.97 Å². The molecular weight excluding hydrogens is 607 g/mol. The van der Waals surface area contributed by atoms with Crippen molar-refractivity contribution in [3.05, 3.63) is 56.6 Å². The van der Waals surface area contributed by atoms with E-state index in [1.807, 2.05) is 12.1 Å². The monoisotopic (exact) mass is 646 g/mol. The van der Waals surface area contributed by atoms with Crippen LogP contribution in [0.3, 0.4) is 0 Å². The number of piperidine rings is 1. The predicted octanol–water partition coefficient (Wildman–Crippen LogP) is 5.96. The van der Waals surface area contributed by atoms with E-state index in [1.54, 1.807) is 33.3 Å². The van der Waals surface area contributed by atoms with Crippen molar-refractivity contribution < 1.29 is 33.6 Å². The zero-order valence-corrected chi connectivity index (χ0v) is 27.3. The van der Waals surface area contributed by atoms with Crippen LogP contribution in [0.4, 0.5) is 0 Å². The van der Waals surface area contributed by atoms with Gasteiger partial charge < -0.3 is 29.0 Å². The third-order valence-electron chi connectivity index (χ3n) is 9.66. The Bertz CT molecular complexity index is 1460. The maximum atomic E-state index is 13.8. The second kappa shape index (κ2) is 13.5. The van der Waals surface area contributed by atoms with Crippen LogP contribution < -0.4 is 18.9 Å². The number of carboxylic acid groups (broad SMARTS) is 1. The highest BCUT2D eigenvalue weighted by Crippen LogP contribution is 2.49. The van der Waals surface area contributed by atoms with Gasteiger partial charge in [-0.2, -0.15) is 0 Å². The van der Waals surface area contributed by atoms with Gasteiger partial charge in [0.1, 0.15) is 10.1 Å². The minimum Gasteiger partial charge on any atom is -0.493 e. The van der Waals surface area contributed by atoms with Crippen LogP contribution in [0.5, 0.6) is 23.0 Å². The van der Waals surface area contributed by atoms with Crippen molar-refractivity contribution >= 4 is 35.1 Å². The molecule has 3 aliphatic heterocycles. The van der Waals surface area contributed by atoms with E-state index < -0.39 is 21.9 Å². The van der Waals surface area contributed by atoms with Gasteiger partial charge in [-0.25, -0.2) is 4.79 Å². The lowest BCUT2D eigenvalue weighted by Gasteiger charge is -2.49. The molecule has 4 unspecified atom stereocenters. The Morgan fingerprint density at radius 2 is 1.36 bits per heavy atom. The van der Waals surface area contributed by atoms with Crippen molar-refractivity contribution in [2.75, 3.05) is 48.1 Å². The second-order valence-corrected chi connectivity index (χ2v) is 12.4. The summed E-state index contributed by atoms with van der Waals surface area (Å²) in [6.07, 6.45) is 4.08. The van der Waals surface area contributed by atoms with Crippen LogP contribution in [0, 0.1) is 11.8 Å². The summed E-state index contributed by atoms with van der Waals surface area (Å²) >= 11 is 12.3. The summed E-state index contributed by atoms with van der Waals surface area (Å²) in [4.78, 5) is 29.6. The van der Waals surface area contributed by atoms with E-state index in [2.05, 4.69) is 24.0 Å². The third-order valence-corrected chi connectivity index (χ3v) is 10.5. The molecule has 9 nitrogen and oxygen atoms in total. The molecule has 0 saturated carbocycles. The zero-order valence-electron chi connectivity index (χ0n) is 25.8. The van der Waals surface area contributed by atoms with Crippen LogP contribution in [0.2, 0.25) is 0 Å². The Kier molecular flexibility index (Phi) is 9.87. The average Bonchev–Trinajstić information content (AvgIpc) is 3.05. The molecule has 2 aromatic carbocycles. The van der Waals surface area contributed by atoms with E-state index in [0.29, 0.717) is 36.8 Å². The number of benzene rings is 2. The van der Waals surface area contributed by atoms with Gasteiger partial charge in [-0.1, -0.05) is 36.5 Å². The molecule has 44 heavy (non-hydrogen) atoms. The second-order valence-electron chi connectivity index (χ2n) is 11.7. The normalized spacial score (nSPS) is 23.5. The number of carbonyl (C=O) groups is 2.